The molecule has 0 spiro atoms. The van der Waals surface area contributed by atoms with Gasteiger partial charge in [-0.2, -0.15) is 0 Å². The van der Waals surface area contributed by atoms with E-state index in [4.69, 9.17) is 4.74 Å². The van der Waals surface area contributed by atoms with Crippen molar-refractivity contribution in [3.8, 4) is 0 Å². The molecule has 4 heteroatoms. The number of ether oxygens (including phenoxy) is 1. The van der Waals surface area contributed by atoms with Crippen LogP contribution in [0, 0.1) is 6.92 Å². The molecule has 1 aromatic heterocycles. The summed E-state index contributed by atoms with van der Waals surface area (Å²) in [5.41, 5.74) is 0.655. The van der Waals surface area contributed by atoms with Gasteiger partial charge in [-0.1, -0.05) is 0 Å². The first-order valence-electron chi connectivity index (χ1n) is 5.38. The minimum Gasteiger partial charge on any atom is -0.459 e. The van der Waals surface area contributed by atoms with Crippen LogP contribution in [0.1, 0.15) is 36.8 Å². The van der Waals surface area contributed by atoms with E-state index in [0.717, 1.165) is 5.69 Å². The molecule has 88 valence electrons. The van der Waals surface area contributed by atoms with Crippen LogP contribution >= 0.6 is 0 Å². The monoisotopic (exact) mass is 223 g/mol. The largest absolute Gasteiger partial charge is 0.459 e. The Balaban J connectivity index is 3.16. The maximum Gasteiger partial charge on any atom is 0.344 e. The van der Waals surface area contributed by atoms with Crippen molar-refractivity contribution in [3.63, 3.8) is 0 Å². The molecule has 0 aromatic carbocycles. The van der Waals surface area contributed by atoms with Crippen molar-refractivity contribution in [2.24, 2.45) is 0 Å². The van der Waals surface area contributed by atoms with E-state index in [1.165, 1.54) is 6.07 Å². The fraction of sp³-hybridized carbons (Fsp3) is 0.500. The molecule has 0 bridgehead atoms. The number of carbonyl (C=O) groups excluding carboxylic acids is 1. The van der Waals surface area contributed by atoms with Crippen LogP contribution in [0.3, 0.4) is 0 Å². The lowest BCUT2D eigenvalue weighted by Crippen LogP contribution is -2.29. The van der Waals surface area contributed by atoms with E-state index < -0.39 is 5.97 Å². The Kier molecular flexibility index (Phi) is 3.88. The molecular weight excluding hydrogens is 206 g/mol. The number of aromatic nitrogens is 1. The molecule has 1 heterocycles. The maximum atomic E-state index is 11.9. The molecule has 1 rings (SSSR count). The number of carbonyl (C=O) groups is 1. The average molecular weight is 223 g/mol. The van der Waals surface area contributed by atoms with Gasteiger partial charge in [0.25, 0.3) is 5.56 Å². The van der Waals surface area contributed by atoms with Crippen LogP contribution in [-0.4, -0.2) is 16.6 Å². The number of pyridine rings is 1. The van der Waals surface area contributed by atoms with Crippen LogP contribution in [0.2, 0.25) is 0 Å². The Hall–Kier alpha value is -1.58. The molecule has 0 saturated carbocycles. The molecule has 16 heavy (non-hydrogen) atoms. The molecule has 0 radical (unpaired) electrons. The van der Waals surface area contributed by atoms with Gasteiger partial charge in [0, 0.05) is 12.2 Å². The Labute approximate surface area is 94.9 Å². The van der Waals surface area contributed by atoms with Crippen molar-refractivity contribution in [2.75, 3.05) is 0 Å². The van der Waals surface area contributed by atoms with Crippen LogP contribution in [-0.2, 0) is 11.3 Å². The molecule has 1 aromatic rings. The van der Waals surface area contributed by atoms with Gasteiger partial charge >= 0.3 is 5.97 Å². The first-order chi connectivity index (χ1) is 7.47. The highest BCUT2D eigenvalue weighted by molar-refractivity contribution is 5.89. The van der Waals surface area contributed by atoms with E-state index in [2.05, 4.69) is 0 Å². The van der Waals surface area contributed by atoms with E-state index in [0.29, 0.717) is 6.54 Å². The number of hydrogen-bond acceptors (Lipinski definition) is 3. The fourth-order valence-electron chi connectivity index (χ4n) is 1.50. The van der Waals surface area contributed by atoms with Crippen LogP contribution < -0.4 is 5.56 Å². The molecule has 0 fully saturated rings. The fourth-order valence-corrected chi connectivity index (χ4v) is 1.50. The zero-order chi connectivity index (χ0) is 12.3. The smallest absolute Gasteiger partial charge is 0.344 e. The third-order valence-electron chi connectivity index (χ3n) is 2.27. The minimum absolute atomic E-state index is 0.0983. The number of aryl methyl sites for hydroxylation is 1. The molecule has 4 nitrogen and oxygen atoms in total. The highest BCUT2D eigenvalue weighted by Crippen LogP contribution is 2.02. The Morgan fingerprint density at radius 2 is 2.06 bits per heavy atom. The maximum absolute atomic E-state index is 11.9. The van der Waals surface area contributed by atoms with Crippen molar-refractivity contribution < 1.29 is 9.53 Å². The van der Waals surface area contributed by atoms with Crippen LogP contribution in [0.25, 0.3) is 0 Å². The normalized spacial score (nSPS) is 10.6. The standard InChI is InChI=1S/C12H17NO3/c1-5-13-9(4)6-7-10(11(13)14)12(15)16-8(2)3/h6-8H,5H2,1-4H3. The Morgan fingerprint density at radius 1 is 1.44 bits per heavy atom. The second-order valence-corrected chi connectivity index (χ2v) is 3.89. The predicted octanol–water partition coefficient (Wildman–Crippen LogP) is 1.74. The third-order valence-corrected chi connectivity index (χ3v) is 2.27. The number of rotatable bonds is 3. The van der Waals surface area contributed by atoms with Crippen LogP contribution in [0.15, 0.2) is 16.9 Å². The molecule has 0 unspecified atom stereocenters. The second kappa shape index (κ2) is 4.96. The summed E-state index contributed by atoms with van der Waals surface area (Å²) in [4.78, 5) is 23.5. The van der Waals surface area contributed by atoms with Gasteiger partial charge in [0.2, 0.25) is 0 Å². The summed E-state index contributed by atoms with van der Waals surface area (Å²) < 4.78 is 6.56. The summed E-state index contributed by atoms with van der Waals surface area (Å²) in [5, 5.41) is 0. The van der Waals surface area contributed by atoms with Crippen LogP contribution in [0.5, 0.6) is 0 Å². The molecule has 0 saturated heterocycles. The van der Waals surface area contributed by atoms with Crippen molar-refractivity contribution in [3.05, 3.63) is 33.7 Å². The zero-order valence-electron chi connectivity index (χ0n) is 10.1. The van der Waals surface area contributed by atoms with Gasteiger partial charge < -0.3 is 9.30 Å². The van der Waals surface area contributed by atoms with Gasteiger partial charge in [-0.25, -0.2) is 4.79 Å². The van der Waals surface area contributed by atoms with E-state index in [1.807, 2.05) is 13.8 Å². The molecule has 0 amide bonds. The topological polar surface area (TPSA) is 48.3 Å². The first kappa shape index (κ1) is 12.5. The van der Waals surface area contributed by atoms with Crippen molar-refractivity contribution in [1.82, 2.24) is 4.57 Å². The van der Waals surface area contributed by atoms with Crippen molar-refractivity contribution in [2.45, 2.75) is 40.3 Å². The zero-order valence-corrected chi connectivity index (χ0v) is 10.1. The number of nitrogens with zero attached hydrogens (tertiary/aromatic N) is 1. The Morgan fingerprint density at radius 3 is 2.56 bits per heavy atom. The first-order valence-corrected chi connectivity index (χ1v) is 5.38. The lowest BCUT2D eigenvalue weighted by Gasteiger charge is -2.11. The Bertz CT molecular complexity index is 446. The minimum atomic E-state index is -0.554. The van der Waals surface area contributed by atoms with Gasteiger partial charge in [-0.15, -0.1) is 0 Å². The van der Waals surface area contributed by atoms with Gasteiger partial charge in [-0.3, -0.25) is 4.79 Å². The number of esters is 1. The summed E-state index contributed by atoms with van der Waals surface area (Å²) in [7, 11) is 0. The van der Waals surface area contributed by atoms with Crippen molar-refractivity contribution >= 4 is 5.97 Å². The SMILES string of the molecule is CCn1c(C)ccc(C(=O)OC(C)C)c1=O. The second-order valence-electron chi connectivity index (χ2n) is 3.89. The lowest BCUT2D eigenvalue weighted by molar-refractivity contribution is 0.0375. The van der Waals surface area contributed by atoms with E-state index in [-0.39, 0.29) is 17.2 Å². The summed E-state index contributed by atoms with van der Waals surface area (Å²) in [6.45, 7) is 7.76. The molecule has 0 aliphatic rings. The van der Waals surface area contributed by atoms with Gasteiger partial charge in [0.05, 0.1) is 6.10 Å². The molecule has 0 aliphatic heterocycles. The van der Waals surface area contributed by atoms with E-state index >= 15 is 0 Å². The van der Waals surface area contributed by atoms with Gasteiger partial charge in [0.15, 0.2) is 0 Å². The molecular formula is C12H17NO3. The predicted molar refractivity (Wildman–Crippen MR) is 61.7 cm³/mol. The molecule has 0 N–H and O–H groups in total. The summed E-state index contributed by atoms with van der Waals surface area (Å²) in [5.74, 6) is -0.554. The summed E-state index contributed by atoms with van der Waals surface area (Å²) in [6.07, 6.45) is -0.219. The average Bonchev–Trinajstić information content (AvgIpc) is 2.17. The highest BCUT2D eigenvalue weighted by atomic mass is 16.5. The highest BCUT2D eigenvalue weighted by Gasteiger charge is 2.15. The molecule has 0 atom stereocenters. The quantitative estimate of drug-likeness (QED) is 0.733. The van der Waals surface area contributed by atoms with Crippen LogP contribution in [0.4, 0.5) is 0 Å². The van der Waals surface area contributed by atoms with Crippen molar-refractivity contribution in [1.29, 1.82) is 0 Å². The van der Waals surface area contributed by atoms with E-state index in [9.17, 15) is 9.59 Å². The van der Waals surface area contributed by atoms with Gasteiger partial charge in [-0.05, 0) is 39.8 Å². The molecule has 0 aliphatic carbocycles. The summed E-state index contributed by atoms with van der Waals surface area (Å²) in [6, 6.07) is 3.27. The third kappa shape index (κ3) is 2.51. The van der Waals surface area contributed by atoms with Gasteiger partial charge in [0.1, 0.15) is 5.56 Å². The lowest BCUT2D eigenvalue weighted by atomic mass is 10.2. The summed E-state index contributed by atoms with van der Waals surface area (Å²) >= 11 is 0. The van der Waals surface area contributed by atoms with E-state index in [1.54, 1.807) is 24.5 Å². The number of hydrogen-bond donors (Lipinski definition) is 0.